The molecule has 0 saturated carbocycles. The van der Waals surface area contributed by atoms with Crippen LogP contribution < -0.4 is 0 Å². The minimum Gasteiger partial charge on any atom is -0.456 e. The lowest BCUT2D eigenvalue weighted by Crippen LogP contribution is -2.14. The van der Waals surface area contributed by atoms with Gasteiger partial charge < -0.3 is 8.83 Å². The van der Waals surface area contributed by atoms with Gasteiger partial charge in [0, 0.05) is 33.1 Å². The van der Waals surface area contributed by atoms with Gasteiger partial charge in [-0.15, -0.1) is 0 Å². The molecule has 0 unspecified atom stereocenters. The summed E-state index contributed by atoms with van der Waals surface area (Å²) in [7, 11) is 0. The molecule has 3 heterocycles. The Kier molecular flexibility index (Phi) is 6.20. The van der Waals surface area contributed by atoms with Crippen molar-refractivity contribution in [3.05, 3.63) is 157 Å². The smallest absolute Gasteiger partial charge is 0.227 e. The van der Waals surface area contributed by atoms with Gasteiger partial charge in [-0.1, -0.05) is 123 Å². The summed E-state index contributed by atoms with van der Waals surface area (Å²) in [6.45, 7) is 4.58. The molecule has 10 aromatic rings. The average Bonchev–Trinajstić information content (AvgIpc) is 3.89. The summed E-state index contributed by atoms with van der Waals surface area (Å²) in [6, 6.07) is 49.7. The van der Waals surface area contributed by atoms with Crippen LogP contribution in [0.25, 0.3) is 101 Å². The number of hydrogen-bond acceptors (Lipinski definition) is 6. The van der Waals surface area contributed by atoms with Gasteiger partial charge in [0.05, 0.1) is 5.39 Å². The minimum absolute atomic E-state index is 0.145. The maximum Gasteiger partial charge on any atom is 0.227 e. The molecule has 0 amide bonds. The Hall–Kier alpha value is -6.92. The fourth-order valence-corrected chi connectivity index (χ4v) is 8.18. The van der Waals surface area contributed by atoms with E-state index in [1.54, 1.807) is 0 Å². The third kappa shape index (κ3) is 4.45. The van der Waals surface area contributed by atoms with Crippen LogP contribution in [0.2, 0.25) is 0 Å². The first-order chi connectivity index (χ1) is 26.0. The van der Waals surface area contributed by atoms with Crippen molar-refractivity contribution in [2.75, 3.05) is 0 Å². The van der Waals surface area contributed by atoms with Crippen molar-refractivity contribution in [2.24, 2.45) is 0 Å². The minimum atomic E-state index is -0.145. The van der Waals surface area contributed by atoms with E-state index in [2.05, 4.69) is 80.6 Å². The second-order valence-corrected chi connectivity index (χ2v) is 14.2. The zero-order valence-electron chi connectivity index (χ0n) is 29.0. The fraction of sp³-hybridized carbons (Fsp3) is 0.0638. The predicted molar refractivity (Wildman–Crippen MR) is 211 cm³/mol. The van der Waals surface area contributed by atoms with Crippen LogP contribution in [0.5, 0.6) is 0 Å². The Morgan fingerprint density at radius 1 is 0.472 bits per heavy atom. The van der Waals surface area contributed by atoms with E-state index in [4.69, 9.17) is 28.8 Å². The first-order valence-corrected chi connectivity index (χ1v) is 17.8. The van der Waals surface area contributed by atoms with E-state index >= 15 is 0 Å². The van der Waals surface area contributed by atoms with Gasteiger partial charge in [-0.2, -0.15) is 0 Å². The maximum absolute atomic E-state index is 6.50. The van der Waals surface area contributed by atoms with Crippen LogP contribution in [0.4, 0.5) is 0 Å². The number of oxazole rings is 1. The molecule has 53 heavy (non-hydrogen) atoms. The number of fused-ring (bicyclic) bond motifs is 10. The van der Waals surface area contributed by atoms with Crippen molar-refractivity contribution in [1.82, 2.24) is 19.9 Å². The zero-order chi connectivity index (χ0) is 35.3. The van der Waals surface area contributed by atoms with Crippen molar-refractivity contribution in [2.45, 2.75) is 19.3 Å². The molecule has 6 nitrogen and oxygen atoms in total. The van der Waals surface area contributed by atoms with Gasteiger partial charge in [0.25, 0.3) is 0 Å². The molecule has 0 aliphatic heterocycles. The molecule has 7 aromatic carbocycles. The van der Waals surface area contributed by atoms with Gasteiger partial charge in [-0.05, 0) is 69.4 Å². The number of aromatic nitrogens is 4. The first kappa shape index (κ1) is 29.8. The predicted octanol–water partition coefficient (Wildman–Crippen LogP) is 12.0. The van der Waals surface area contributed by atoms with Crippen LogP contribution in [-0.2, 0) is 5.41 Å². The molecule has 0 saturated heterocycles. The van der Waals surface area contributed by atoms with E-state index in [1.807, 2.05) is 78.9 Å². The van der Waals surface area contributed by atoms with E-state index in [0.29, 0.717) is 28.9 Å². The monoisotopic (exact) mass is 682 g/mol. The number of nitrogens with zero attached hydrogens (tertiary/aromatic N) is 4. The van der Waals surface area contributed by atoms with Gasteiger partial charge in [-0.25, -0.2) is 19.9 Å². The van der Waals surface area contributed by atoms with Gasteiger partial charge >= 0.3 is 0 Å². The molecule has 0 N–H and O–H groups in total. The van der Waals surface area contributed by atoms with Crippen molar-refractivity contribution < 1.29 is 8.83 Å². The largest absolute Gasteiger partial charge is 0.456 e. The van der Waals surface area contributed by atoms with Crippen LogP contribution in [0.3, 0.4) is 0 Å². The fourth-order valence-electron chi connectivity index (χ4n) is 8.18. The number of hydrogen-bond donors (Lipinski definition) is 0. The van der Waals surface area contributed by atoms with Crippen molar-refractivity contribution >= 4 is 43.8 Å². The molecule has 6 heteroatoms. The van der Waals surface area contributed by atoms with E-state index in [1.165, 1.54) is 22.3 Å². The van der Waals surface area contributed by atoms with E-state index in [0.717, 1.165) is 60.5 Å². The molecule has 11 rings (SSSR count). The van der Waals surface area contributed by atoms with Crippen molar-refractivity contribution in [1.29, 1.82) is 0 Å². The number of rotatable bonds is 4. The molecular weight excluding hydrogens is 653 g/mol. The second kappa shape index (κ2) is 11.0. The molecule has 1 aliphatic carbocycles. The van der Waals surface area contributed by atoms with Crippen LogP contribution in [0.1, 0.15) is 25.0 Å². The topological polar surface area (TPSA) is 77.8 Å². The summed E-state index contributed by atoms with van der Waals surface area (Å²) in [5, 5.41) is 3.96. The molecule has 250 valence electrons. The lowest BCUT2D eigenvalue weighted by molar-refractivity contribution is 0.622. The van der Waals surface area contributed by atoms with Crippen molar-refractivity contribution in [3.8, 4) is 56.7 Å². The summed E-state index contributed by atoms with van der Waals surface area (Å²) < 4.78 is 12.9. The standard InChI is InChI=1S/C47H30N4O2/c1-47(2)34-18-10-9-16-31(34)39-32(17-11-19-35(39)47)45-50-43(28-12-5-3-6-13-28)49-44(51-45)30-21-20-27-22-24-37-40(33(27)26-30)41-38(52-37)25-23-36-42(41)53-46(48-36)29-14-7-4-8-15-29/h3-26H,1-2H3. The van der Waals surface area contributed by atoms with Gasteiger partial charge in [0.15, 0.2) is 23.1 Å². The Bertz CT molecular complexity index is 3090. The molecule has 1 aliphatic rings. The molecule has 0 radical (unpaired) electrons. The summed E-state index contributed by atoms with van der Waals surface area (Å²) in [5.41, 5.74) is 11.6. The van der Waals surface area contributed by atoms with Gasteiger partial charge in [0.2, 0.25) is 5.89 Å². The Morgan fingerprint density at radius 3 is 1.94 bits per heavy atom. The Labute approximate surface area is 304 Å². The average molecular weight is 683 g/mol. The molecule has 0 bridgehead atoms. The van der Waals surface area contributed by atoms with E-state index in [-0.39, 0.29) is 5.41 Å². The van der Waals surface area contributed by atoms with Crippen molar-refractivity contribution in [3.63, 3.8) is 0 Å². The Balaban J connectivity index is 1.15. The molecular formula is C47H30N4O2. The highest BCUT2D eigenvalue weighted by atomic mass is 16.4. The summed E-state index contributed by atoms with van der Waals surface area (Å²) in [4.78, 5) is 20.4. The van der Waals surface area contributed by atoms with Crippen LogP contribution >= 0.6 is 0 Å². The lowest BCUT2D eigenvalue weighted by Gasteiger charge is -2.21. The number of furan rings is 1. The van der Waals surface area contributed by atoms with Crippen LogP contribution in [0, 0.1) is 0 Å². The molecule has 3 aromatic heterocycles. The molecule has 0 atom stereocenters. The van der Waals surface area contributed by atoms with E-state index < -0.39 is 0 Å². The normalized spacial score (nSPS) is 13.2. The van der Waals surface area contributed by atoms with Crippen LogP contribution in [-0.4, -0.2) is 19.9 Å². The third-order valence-electron chi connectivity index (χ3n) is 10.8. The maximum atomic E-state index is 6.50. The van der Waals surface area contributed by atoms with Gasteiger partial charge in [0.1, 0.15) is 16.7 Å². The highest BCUT2D eigenvalue weighted by Crippen LogP contribution is 2.51. The summed E-state index contributed by atoms with van der Waals surface area (Å²) in [5.74, 6) is 2.44. The highest BCUT2D eigenvalue weighted by Gasteiger charge is 2.37. The summed E-state index contributed by atoms with van der Waals surface area (Å²) >= 11 is 0. The zero-order valence-corrected chi connectivity index (χ0v) is 29.0. The second-order valence-electron chi connectivity index (χ2n) is 14.2. The molecule has 0 fully saturated rings. The quantitative estimate of drug-likeness (QED) is 0.184. The summed E-state index contributed by atoms with van der Waals surface area (Å²) in [6.07, 6.45) is 0. The Morgan fingerprint density at radius 2 is 1.11 bits per heavy atom. The lowest BCUT2D eigenvalue weighted by atomic mass is 9.82. The van der Waals surface area contributed by atoms with Crippen LogP contribution in [0.15, 0.2) is 154 Å². The van der Waals surface area contributed by atoms with Gasteiger partial charge in [-0.3, -0.25) is 0 Å². The molecule has 0 spiro atoms. The highest BCUT2D eigenvalue weighted by molar-refractivity contribution is 6.25. The number of benzene rings is 7. The SMILES string of the molecule is CC1(C)c2ccccc2-c2c(-c3nc(-c4ccccc4)nc(-c4ccc5ccc6oc7ccc8nc(-c9ccccc9)oc8c7c6c5c4)n3)cccc21. The third-order valence-corrected chi connectivity index (χ3v) is 10.8. The van der Waals surface area contributed by atoms with E-state index in [9.17, 15) is 0 Å². The first-order valence-electron chi connectivity index (χ1n) is 17.8.